The fraction of sp³-hybridized carbons (Fsp3) is 0.100. The zero-order chi connectivity index (χ0) is 10.1. The van der Waals surface area contributed by atoms with Crippen LogP contribution in [0.15, 0.2) is 34.4 Å². The van der Waals surface area contributed by atoms with Crippen molar-refractivity contribution in [2.45, 2.75) is 0 Å². The van der Waals surface area contributed by atoms with E-state index in [1.807, 2.05) is 29.6 Å². The Kier molecular flexibility index (Phi) is 2.44. The van der Waals surface area contributed by atoms with E-state index in [4.69, 9.17) is 11.6 Å². The van der Waals surface area contributed by atoms with Gasteiger partial charge in [0.15, 0.2) is 0 Å². The largest absolute Gasteiger partial charge is 0.307 e. The summed E-state index contributed by atoms with van der Waals surface area (Å²) < 4.78 is 1.62. The average Bonchev–Trinajstić information content (AvgIpc) is 2.48. The molecule has 0 fully saturated rings. The molecule has 1 aromatic heterocycles. The monoisotopic (exact) mass is 225 g/mol. The topological polar surface area (TPSA) is 22.0 Å². The summed E-state index contributed by atoms with van der Waals surface area (Å²) in [6.45, 7) is 0. The summed E-state index contributed by atoms with van der Waals surface area (Å²) in [5.74, 6) is 0. The van der Waals surface area contributed by atoms with E-state index >= 15 is 0 Å². The van der Waals surface area contributed by atoms with Crippen LogP contribution in [-0.2, 0) is 7.05 Å². The third-order valence-corrected chi connectivity index (χ3v) is 3.08. The van der Waals surface area contributed by atoms with Gasteiger partial charge < -0.3 is 4.57 Å². The highest BCUT2D eigenvalue weighted by Crippen LogP contribution is 2.22. The lowest BCUT2D eigenvalue weighted by Gasteiger charge is -2.01. The molecule has 0 amide bonds. The van der Waals surface area contributed by atoms with Crippen LogP contribution in [0.25, 0.3) is 11.3 Å². The van der Waals surface area contributed by atoms with Crippen LogP contribution in [0.4, 0.5) is 0 Å². The highest BCUT2D eigenvalue weighted by molar-refractivity contribution is 7.07. The first-order valence-electron chi connectivity index (χ1n) is 4.09. The highest BCUT2D eigenvalue weighted by atomic mass is 35.5. The summed E-state index contributed by atoms with van der Waals surface area (Å²) in [6.07, 6.45) is 0. The molecule has 1 heterocycles. The summed E-state index contributed by atoms with van der Waals surface area (Å²) in [6, 6.07) is 7.48. The Hall–Kier alpha value is -1.06. The van der Waals surface area contributed by atoms with E-state index in [0.29, 0.717) is 5.02 Å². The smallest absolute Gasteiger partial charge is 0.302 e. The summed E-state index contributed by atoms with van der Waals surface area (Å²) in [5.41, 5.74) is 1.88. The molecule has 0 radical (unpaired) electrons. The average molecular weight is 226 g/mol. The molecule has 0 spiro atoms. The predicted octanol–water partition coefficient (Wildman–Crippen LogP) is 2.77. The SMILES string of the molecule is Cn1c(-c2cccc(Cl)c2)csc1=O. The van der Waals surface area contributed by atoms with Crippen LogP contribution in [-0.4, -0.2) is 4.57 Å². The van der Waals surface area contributed by atoms with E-state index in [-0.39, 0.29) is 4.87 Å². The summed E-state index contributed by atoms with van der Waals surface area (Å²) in [5, 5.41) is 2.52. The van der Waals surface area contributed by atoms with E-state index in [9.17, 15) is 4.79 Å². The Morgan fingerprint density at radius 3 is 2.79 bits per heavy atom. The summed E-state index contributed by atoms with van der Waals surface area (Å²) in [7, 11) is 1.76. The van der Waals surface area contributed by atoms with E-state index in [2.05, 4.69) is 0 Å². The van der Waals surface area contributed by atoms with Gasteiger partial charge in [-0.2, -0.15) is 0 Å². The minimum absolute atomic E-state index is 0.0416. The van der Waals surface area contributed by atoms with Gasteiger partial charge in [0.05, 0.1) is 5.69 Å². The third-order valence-electron chi connectivity index (χ3n) is 2.03. The van der Waals surface area contributed by atoms with Crippen molar-refractivity contribution in [2.75, 3.05) is 0 Å². The van der Waals surface area contributed by atoms with E-state index < -0.39 is 0 Å². The zero-order valence-electron chi connectivity index (χ0n) is 7.53. The Balaban J connectivity index is 2.60. The summed E-state index contributed by atoms with van der Waals surface area (Å²) >= 11 is 7.07. The number of hydrogen-bond donors (Lipinski definition) is 0. The first-order valence-corrected chi connectivity index (χ1v) is 5.35. The van der Waals surface area contributed by atoms with Crippen LogP contribution >= 0.6 is 22.9 Å². The molecule has 1 aromatic carbocycles. The first-order chi connectivity index (χ1) is 6.68. The van der Waals surface area contributed by atoms with Gasteiger partial charge in [-0.15, -0.1) is 0 Å². The fourth-order valence-corrected chi connectivity index (χ4v) is 2.23. The minimum Gasteiger partial charge on any atom is -0.302 e. The van der Waals surface area contributed by atoms with Gasteiger partial charge in [0.25, 0.3) is 0 Å². The van der Waals surface area contributed by atoms with Crippen molar-refractivity contribution in [3.8, 4) is 11.3 Å². The van der Waals surface area contributed by atoms with Gasteiger partial charge in [-0.05, 0) is 12.1 Å². The Labute approximate surface area is 90.4 Å². The van der Waals surface area contributed by atoms with Crippen molar-refractivity contribution >= 4 is 22.9 Å². The number of aromatic nitrogens is 1. The molecular formula is C10H8ClNOS. The Morgan fingerprint density at radius 2 is 2.21 bits per heavy atom. The van der Waals surface area contributed by atoms with Crippen LogP contribution in [0, 0.1) is 0 Å². The molecule has 0 bridgehead atoms. The molecule has 0 N–H and O–H groups in total. The van der Waals surface area contributed by atoms with Gasteiger partial charge in [0, 0.05) is 23.0 Å². The number of rotatable bonds is 1. The second-order valence-corrected chi connectivity index (χ2v) is 4.21. The van der Waals surface area contributed by atoms with Crippen molar-refractivity contribution < 1.29 is 0 Å². The maximum Gasteiger partial charge on any atom is 0.307 e. The van der Waals surface area contributed by atoms with E-state index in [1.54, 1.807) is 11.6 Å². The number of hydrogen-bond acceptors (Lipinski definition) is 2. The highest BCUT2D eigenvalue weighted by Gasteiger charge is 2.04. The molecule has 0 unspecified atom stereocenters. The predicted molar refractivity (Wildman–Crippen MR) is 60.0 cm³/mol. The van der Waals surface area contributed by atoms with E-state index in [0.717, 1.165) is 11.3 Å². The fourth-order valence-electron chi connectivity index (χ4n) is 1.27. The number of benzene rings is 1. The van der Waals surface area contributed by atoms with Crippen LogP contribution in [0.1, 0.15) is 0 Å². The molecule has 14 heavy (non-hydrogen) atoms. The van der Waals surface area contributed by atoms with Gasteiger partial charge in [-0.1, -0.05) is 35.1 Å². The quantitative estimate of drug-likeness (QED) is 0.732. The van der Waals surface area contributed by atoms with Crippen molar-refractivity contribution in [1.82, 2.24) is 4.57 Å². The molecule has 72 valence electrons. The zero-order valence-corrected chi connectivity index (χ0v) is 9.10. The lowest BCUT2D eigenvalue weighted by atomic mass is 10.2. The standard InChI is InChI=1S/C10H8ClNOS/c1-12-9(6-14-10(12)13)7-3-2-4-8(11)5-7/h2-6H,1H3. The molecular weight excluding hydrogens is 218 g/mol. The third kappa shape index (κ3) is 1.61. The normalized spacial score (nSPS) is 10.4. The molecule has 0 aliphatic carbocycles. The van der Waals surface area contributed by atoms with Crippen LogP contribution in [0.2, 0.25) is 5.02 Å². The molecule has 2 nitrogen and oxygen atoms in total. The van der Waals surface area contributed by atoms with Gasteiger partial charge in [-0.3, -0.25) is 4.79 Å². The minimum atomic E-state index is 0.0416. The van der Waals surface area contributed by atoms with Gasteiger partial charge in [0.1, 0.15) is 0 Å². The maximum atomic E-state index is 11.2. The molecule has 0 aliphatic heterocycles. The molecule has 0 saturated heterocycles. The molecule has 0 saturated carbocycles. The second kappa shape index (κ2) is 3.59. The molecule has 2 aromatic rings. The van der Waals surface area contributed by atoms with Crippen LogP contribution in [0.3, 0.4) is 0 Å². The van der Waals surface area contributed by atoms with Crippen molar-refractivity contribution in [3.63, 3.8) is 0 Å². The lowest BCUT2D eigenvalue weighted by Crippen LogP contribution is -2.08. The Bertz CT molecular complexity index is 515. The second-order valence-electron chi connectivity index (χ2n) is 2.96. The maximum absolute atomic E-state index is 11.2. The van der Waals surface area contributed by atoms with E-state index in [1.165, 1.54) is 11.3 Å². The Morgan fingerprint density at radius 1 is 1.43 bits per heavy atom. The first kappa shape index (κ1) is 9.49. The summed E-state index contributed by atoms with van der Waals surface area (Å²) in [4.78, 5) is 11.3. The number of halogens is 1. The van der Waals surface area contributed by atoms with Gasteiger partial charge >= 0.3 is 4.87 Å². The lowest BCUT2D eigenvalue weighted by molar-refractivity contribution is 0.906. The number of nitrogens with zero attached hydrogens (tertiary/aromatic N) is 1. The molecule has 4 heteroatoms. The molecule has 0 aliphatic rings. The number of thiazole rings is 1. The van der Waals surface area contributed by atoms with Crippen molar-refractivity contribution in [3.05, 3.63) is 44.3 Å². The van der Waals surface area contributed by atoms with Gasteiger partial charge in [-0.25, -0.2) is 0 Å². The van der Waals surface area contributed by atoms with Crippen molar-refractivity contribution in [2.24, 2.45) is 7.05 Å². The van der Waals surface area contributed by atoms with Crippen molar-refractivity contribution in [1.29, 1.82) is 0 Å². The van der Waals surface area contributed by atoms with Crippen LogP contribution < -0.4 is 4.87 Å². The molecule has 0 atom stereocenters. The molecule has 2 rings (SSSR count). The van der Waals surface area contributed by atoms with Gasteiger partial charge in [0.2, 0.25) is 0 Å². The van der Waals surface area contributed by atoms with Crippen LogP contribution in [0.5, 0.6) is 0 Å².